The Balaban J connectivity index is 1.78. The minimum Gasteiger partial charge on any atom is -0.494 e. The normalized spacial score (nSPS) is 11.4. The lowest BCUT2D eigenvalue weighted by molar-refractivity contribution is 0.211. The zero-order chi connectivity index (χ0) is 16.9. The lowest BCUT2D eigenvalue weighted by Gasteiger charge is -2.05. The highest BCUT2D eigenvalue weighted by atomic mass is 19.1. The maximum absolute atomic E-state index is 13.4. The molecule has 24 heavy (non-hydrogen) atoms. The fourth-order valence-electron chi connectivity index (χ4n) is 2.40. The molecule has 0 aliphatic heterocycles. The molecule has 6 heteroatoms. The highest BCUT2D eigenvalue weighted by Gasteiger charge is 2.09. The smallest absolute Gasteiger partial charge is 0.198 e. The number of hydrogen-bond acceptors (Lipinski definition) is 4. The van der Waals surface area contributed by atoms with Crippen molar-refractivity contribution in [1.82, 2.24) is 4.98 Å². The largest absolute Gasteiger partial charge is 0.494 e. The quantitative estimate of drug-likeness (QED) is 0.476. The first-order valence-electron chi connectivity index (χ1n) is 7.54. The Hall–Kier alpha value is -2.86. The Morgan fingerprint density at radius 1 is 1.25 bits per heavy atom. The topological polar surface area (TPSA) is 69.6 Å². The molecule has 2 aromatic carbocycles. The van der Waals surface area contributed by atoms with Gasteiger partial charge < -0.3 is 20.1 Å². The summed E-state index contributed by atoms with van der Waals surface area (Å²) in [6, 6.07) is 11.8. The van der Waals surface area contributed by atoms with Gasteiger partial charge >= 0.3 is 0 Å². The predicted molar refractivity (Wildman–Crippen MR) is 94.0 cm³/mol. The van der Waals surface area contributed by atoms with Crippen LogP contribution in [0, 0.1) is 5.82 Å². The number of ether oxygens (including phenoxy) is 1. The summed E-state index contributed by atoms with van der Waals surface area (Å²) in [6.07, 6.45) is 1.53. The van der Waals surface area contributed by atoms with Gasteiger partial charge in [-0.2, -0.15) is 0 Å². The predicted octanol–water partition coefficient (Wildman–Crippen LogP) is 3.82. The Kier molecular flexibility index (Phi) is 4.77. The third-order valence-corrected chi connectivity index (χ3v) is 3.63. The summed E-state index contributed by atoms with van der Waals surface area (Å²) in [5.41, 5.74) is 2.83. The maximum Gasteiger partial charge on any atom is 0.198 e. The van der Waals surface area contributed by atoms with Crippen LogP contribution in [0.1, 0.15) is 5.56 Å². The van der Waals surface area contributed by atoms with E-state index in [1.165, 1.54) is 18.3 Å². The maximum atomic E-state index is 13.4. The molecule has 0 saturated heterocycles. The molecule has 0 aliphatic carbocycles. The molecule has 0 fully saturated rings. The summed E-state index contributed by atoms with van der Waals surface area (Å²) in [6.45, 7) is 1.37. The second-order valence-corrected chi connectivity index (χ2v) is 5.30. The van der Waals surface area contributed by atoms with Crippen molar-refractivity contribution in [2.45, 2.75) is 0 Å². The van der Waals surface area contributed by atoms with E-state index in [9.17, 15) is 9.50 Å². The molecule has 1 aromatic heterocycles. The minimum atomic E-state index is -0.359. The van der Waals surface area contributed by atoms with Gasteiger partial charge in [0.05, 0.1) is 17.9 Å². The van der Waals surface area contributed by atoms with Crippen LogP contribution in [0.4, 0.5) is 15.8 Å². The Labute approximate surface area is 138 Å². The van der Waals surface area contributed by atoms with Crippen molar-refractivity contribution >= 4 is 28.5 Å². The van der Waals surface area contributed by atoms with Gasteiger partial charge in [-0.1, -0.05) is 0 Å². The summed E-state index contributed by atoms with van der Waals surface area (Å²) in [5.74, 6) is -0.389. The highest BCUT2D eigenvalue weighted by molar-refractivity contribution is 6.02. The second-order valence-electron chi connectivity index (χ2n) is 5.30. The van der Waals surface area contributed by atoms with Crippen LogP contribution in [-0.4, -0.2) is 36.6 Å². The third kappa shape index (κ3) is 3.55. The van der Waals surface area contributed by atoms with E-state index in [1.54, 1.807) is 13.2 Å². The zero-order valence-corrected chi connectivity index (χ0v) is 13.2. The van der Waals surface area contributed by atoms with Crippen LogP contribution in [0.5, 0.6) is 5.88 Å². The molecule has 124 valence electrons. The van der Waals surface area contributed by atoms with Gasteiger partial charge in [0.25, 0.3) is 0 Å². The molecule has 0 amide bonds. The van der Waals surface area contributed by atoms with E-state index in [0.29, 0.717) is 23.1 Å². The number of methoxy groups -OCH3 is 1. The molecule has 3 rings (SSSR count). The number of benzene rings is 2. The number of nitrogens with one attached hydrogen (secondary N) is 2. The average Bonchev–Trinajstić information content (AvgIpc) is 2.89. The van der Waals surface area contributed by atoms with Gasteiger partial charge in [0.15, 0.2) is 5.88 Å². The standard InChI is InChI=1S/C18H18FN3O2/c1-24-9-8-20-13-3-5-14(6-4-13)21-11-16-15-10-12(19)2-7-17(15)22-18(16)23/h2-7,10-11,20,22-23H,8-9H2,1H3. The van der Waals surface area contributed by atoms with Crippen LogP contribution < -0.4 is 5.32 Å². The van der Waals surface area contributed by atoms with Crippen LogP contribution in [-0.2, 0) is 4.74 Å². The number of anilines is 1. The second kappa shape index (κ2) is 7.14. The van der Waals surface area contributed by atoms with Crippen molar-refractivity contribution in [2.75, 3.05) is 25.6 Å². The number of fused-ring (bicyclic) bond motifs is 1. The van der Waals surface area contributed by atoms with Gasteiger partial charge in [0.1, 0.15) is 5.82 Å². The summed E-state index contributed by atoms with van der Waals surface area (Å²) in [5, 5.41) is 13.8. The molecule has 0 spiro atoms. The van der Waals surface area contributed by atoms with Crippen LogP contribution in [0.25, 0.3) is 10.9 Å². The van der Waals surface area contributed by atoms with E-state index >= 15 is 0 Å². The molecule has 0 aliphatic rings. The highest BCUT2D eigenvalue weighted by Crippen LogP contribution is 2.27. The van der Waals surface area contributed by atoms with E-state index in [0.717, 1.165) is 17.9 Å². The number of aromatic amines is 1. The lowest BCUT2D eigenvalue weighted by atomic mass is 10.2. The molecule has 1 heterocycles. The third-order valence-electron chi connectivity index (χ3n) is 3.63. The van der Waals surface area contributed by atoms with Gasteiger partial charge in [-0.25, -0.2) is 4.39 Å². The van der Waals surface area contributed by atoms with Crippen LogP contribution >= 0.6 is 0 Å². The fourth-order valence-corrected chi connectivity index (χ4v) is 2.40. The first-order valence-corrected chi connectivity index (χ1v) is 7.54. The summed E-state index contributed by atoms with van der Waals surface area (Å²) < 4.78 is 18.4. The number of aromatic nitrogens is 1. The number of halogens is 1. The lowest BCUT2D eigenvalue weighted by Crippen LogP contribution is -2.07. The molecule has 5 nitrogen and oxygen atoms in total. The molecule has 0 radical (unpaired) electrons. The fraction of sp³-hybridized carbons (Fsp3) is 0.167. The molecule has 3 N–H and O–H groups in total. The van der Waals surface area contributed by atoms with Crippen LogP contribution in [0.15, 0.2) is 47.5 Å². The van der Waals surface area contributed by atoms with Crippen molar-refractivity contribution < 1.29 is 14.2 Å². The molecule has 3 aromatic rings. The van der Waals surface area contributed by atoms with Crippen molar-refractivity contribution in [3.63, 3.8) is 0 Å². The van der Waals surface area contributed by atoms with Gasteiger partial charge in [0, 0.05) is 36.5 Å². The molecule has 0 unspecified atom stereocenters. The zero-order valence-electron chi connectivity index (χ0n) is 13.2. The Bertz CT molecular complexity index is 857. The minimum absolute atomic E-state index is 0.0304. The summed E-state index contributed by atoms with van der Waals surface area (Å²) in [4.78, 5) is 7.15. The summed E-state index contributed by atoms with van der Waals surface area (Å²) >= 11 is 0. The van der Waals surface area contributed by atoms with E-state index in [-0.39, 0.29) is 11.7 Å². The van der Waals surface area contributed by atoms with Crippen molar-refractivity contribution in [2.24, 2.45) is 4.99 Å². The Morgan fingerprint density at radius 2 is 2.04 bits per heavy atom. The van der Waals surface area contributed by atoms with Gasteiger partial charge in [-0.3, -0.25) is 4.99 Å². The van der Waals surface area contributed by atoms with Crippen molar-refractivity contribution in [3.05, 3.63) is 53.8 Å². The molecular weight excluding hydrogens is 309 g/mol. The van der Waals surface area contributed by atoms with Crippen LogP contribution in [0.3, 0.4) is 0 Å². The van der Waals surface area contributed by atoms with Gasteiger partial charge in [-0.15, -0.1) is 0 Å². The van der Waals surface area contributed by atoms with Crippen LogP contribution in [0.2, 0.25) is 0 Å². The number of nitrogens with zero attached hydrogens (tertiary/aromatic N) is 1. The molecule has 0 atom stereocenters. The number of hydrogen-bond donors (Lipinski definition) is 3. The SMILES string of the molecule is COCCNc1ccc(N=Cc2c(O)[nH]c3ccc(F)cc23)cc1. The first kappa shape index (κ1) is 16.0. The van der Waals surface area contributed by atoms with Gasteiger partial charge in [0.2, 0.25) is 0 Å². The number of aliphatic imine (C=N–C) groups is 1. The molecule has 0 saturated carbocycles. The van der Waals surface area contributed by atoms with Crippen molar-refractivity contribution in [1.29, 1.82) is 0 Å². The number of rotatable bonds is 6. The van der Waals surface area contributed by atoms with E-state index in [1.807, 2.05) is 24.3 Å². The van der Waals surface area contributed by atoms with E-state index < -0.39 is 0 Å². The number of aromatic hydroxyl groups is 1. The number of H-pyrrole nitrogens is 1. The van der Waals surface area contributed by atoms with Crippen molar-refractivity contribution in [3.8, 4) is 5.88 Å². The Morgan fingerprint density at radius 3 is 2.79 bits per heavy atom. The molecule has 0 bridgehead atoms. The average molecular weight is 327 g/mol. The van der Waals surface area contributed by atoms with E-state index in [4.69, 9.17) is 4.74 Å². The summed E-state index contributed by atoms with van der Waals surface area (Å²) in [7, 11) is 1.66. The monoisotopic (exact) mass is 327 g/mol. The molecular formula is C18H18FN3O2. The van der Waals surface area contributed by atoms with E-state index in [2.05, 4.69) is 15.3 Å². The van der Waals surface area contributed by atoms with Gasteiger partial charge in [-0.05, 0) is 42.5 Å². The first-order chi connectivity index (χ1) is 11.7.